The number of nitrogens with zero attached hydrogens (tertiary/aromatic N) is 2. The van der Waals surface area contributed by atoms with Gasteiger partial charge in [0.1, 0.15) is 0 Å². The summed E-state index contributed by atoms with van der Waals surface area (Å²) in [5.41, 5.74) is 9.18. The third-order valence-electron chi connectivity index (χ3n) is 8.53. The van der Waals surface area contributed by atoms with Gasteiger partial charge in [-0.2, -0.15) is 8.78 Å². The lowest BCUT2D eigenvalue weighted by Gasteiger charge is -2.29. The van der Waals surface area contributed by atoms with Crippen LogP contribution in [0.15, 0.2) is 36.4 Å². The zero-order chi connectivity index (χ0) is 34.6. The summed E-state index contributed by atoms with van der Waals surface area (Å²) in [5.74, 6) is -8.96. The van der Waals surface area contributed by atoms with Crippen LogP contribution in [-0.4, -0.2) is 39.8 Å². The van der Waals surface area contributed by atoms with E-state index in [1.807, 2.05) is 0 Å². The Morgan fingerprint density at radius 2 is 1.38 bits per heavy atom. The zero-order valence-electron chi connectivity index (χ0n) is 26.7. The summed E-state index contributed by atoms with van der Waals surface area (Å²) in [6.45, 7) is 4.42. The van der Waals surface area contributed by atoms with Crippen LogP contribution in [0.5, 0.6) is 0 Å². The van der Waals surface area contributed by atoms with Crippen molar-refractivity contribution in [3.63, 3.8) is 0 Å². The minimum absolute atomic E-state index is 0.0315. The first-order valence-corrected chi connectivity index (χ1v) is 15.7. The fourth-order valence-electron chi connectivity index (χ4n) is 6.03. The maximum absolute atomic E-state index is 14.1. The number of anilines is 4. The lowest BCUT2D eigenvalue weighted by atomic mass is 9.86. The molecule has 1 aromatic heterocycles. The Balaban J connectivity index is 0.000000218. The SMILES string of the molecule is CC(=O)Nc1ccc(NCC2CCC(F)(F)CC2)c(N)c1.CC(=O)Nc1ccc2c(c1)nc(C(C)(F)F)n2CC1CCC(F)(F)CC1. The van der Waals surface area contributed by atoms with Crippen LogP contribution < -0.4 is 21.7 Å². The molecule has 0 aliphatic heterocycles. The summed E-state index contributed by atoms with van der Waals surface area (Å²) in [5, 5.41) is 8.46. The van der Waals surface area contributed by atoms with Crippen LogP contribution in [0.25, 0.3) is 11.0 Å². The molecule has 0 saturated heterocycles. The number of rotatable bonds is 8. The third kappa shape index (κ3) is 10.3. The number of nitrogens with two attached hydrogens (primary N) is 1. The number of imidazole rings is 1. The van der Waals surface area contributed by atoms with Gasteiger partial charge in [-0.15, -0.1) is 0 Å². The van der Waals surface area contributed by atoms with Crippen molar-refractivity contribution in [3.05, 3.63) is 42.2 Å². The van der Waals surface area contributed by atoms with E-state index in [4.69, 9.17) is 5.73 Å². The summed E-state index contributed by atoms with van der Waals surface area (Å²) in [4.78, 5) is 26.2. The smallest absolute Gasteiger partial charge is 0.302 e. The number of nitrogens with one attached hydrogen (secondary N) is 3. The van der Waals surface area contributed by atoms with Crippen molar-refractivity contribution in [3.8, 4) is 0 Å². The molecule has 2 saturated carbocycles. The molecule has 0 radical (unpaired) electrons. The van der Waals surface area contributed by atoms with Crippen LogP contribution in [0.2, 0.25) is 0 Å². The van der Waals surface area contributed by atoms with Gasteiger partial charge in [-0.25, -0.2) is 22.5 Å². The van der Waals surface area contributed by atoms with Crippen LogP contribution in [0.4, 0.5) is 49.1 Å². The van der Waals surface area contributed by atoms with Crippen molar-refractivity contribution in [2.24, 2.45) is 11.8 Å². The predicted molar refractivity (Wildman–Crippen MR) is 171 cm³/mol. The third-order valence-corrected chi connectivity index (χ3v) is 8.53. The molecule has 0 unspecified atom stereocenters. The number of hydrogen-bond donors (Lipinski definition) is 4. The topological polar surface area (TPSA) is 114 Å². The molecule has 2 fully saturated rings. The molecular weight excluding hydrogens is 626 g/mol. The van der Waals surface area contributed by atoms with Crippen LogP contribution in [0.1, 0.15) is 78.0 Å². The quantitative estimate of drug-likeness (QED) is 0.142. The van der Waals surface area contributed by atoms with Crippen molar-refractivity contribution >= 4 is 45.6 Å². The lowest BCUT2D eigenvalue weighted by Crippen LogP contribution is -2.28. The van der Waals surface area contributed by atoms with Gasteiger partial charge in [0.25, 0.3) is 0 Å². The minimum atomic E-state index is -3.16. The molecule has 0 spiro atoms. The van der Waals surface area contributed by atoms with Crippen LogP contribution >= 0.6 is 0 Å². The van der Waals surface area contributed by atoms with Crippen LogP contribution in [-0.2, 0) is 22.1 Å². The van der Waals surface area contributed by atoms with E-state index in [2.05, 4.69) is 20.9 Å². The number of carbonyl (C=O) groups is 2. The number of carbonyl (C=O) groups excluding carboxylic acids is 2. The van der Waals surface area contributed by atoms with E-state index >= 15 is 0 Å². The number of fused-ring (bicyclic) bond motifs is 1. The fraction of sp³-hybridized carbons (Fsp3) is 0.545. The van der Waals surface area contributed by atoms with Crippen molar-refractivity contribution in [2.75, 3.05) is 28.2 Å². The average Bonchev–Trinajstić information content (AvgIpc) is 3.32. The summed E-state index contributed by atoms with van der Waals surface area (Å²) >= 11 is 0. The molecule has 3 aromatic rings. The number of amides is 2. The number of hydrogen-bond acceptors (Lipinski definition) is 5. The Bertz CT molecular complexity index is 1550. The summed E-state index contributed by atoms with van der Waals surface area (Å²) in [6, 6.07) is 10.0. The Labute approximate surface area is 269 Å². The van der Waals surface area contributed by atoms with Crippen LogP contribution in [0, 0.1) is 11.8 Å². The van der Waals surface area contributed by atoms with E-state index in [-0.39, 0.29) is 61.7 Å². The first-order chi connectivity index (χ1) is 21.9. The number of alkyl halides is 6. The number of halogens is 6. The second-order valence-corrected chi connectivity index (χ2v) is 12.8. The molecule has 5 rings (SSSR count). The highest BCUT2D eigenvalue weighted by Crippen LogP contribution is 2.39. The molecule has 258 valence electrons. The largest absolute Gasteiger partial charge is 0.397 e. The molecule has 8 nitrogen and oxygen atoms in total. The van der Waals surface area contributed by atoms with E-state index in [1.165, 1.54) is 24.5 Å². The summed E-state index contributed by atoms with van der Waals surface area (Å²) < 4.78 is 82.4. The lowest BCUT2D eigenvalue weighted by molar-refractivity contribution is -0.115. The molecule has 2 aromatic carbocycles. The standard InChI is InChI=1S/C18H21F4N3O.C15H21F2N3O/c1-11(26)23-13-3-4-15-14(9-13)24-16(17(2,19)20)25(15)10-12-5-7-18(21,22)8-6-12;1-10(21)20-12-2-3-14(13(18)8-12)19-9-11-4-6-15(16,17)7-5-11/h3-4,9,12H,5-8,10H2,1-2H3,(H,23,26);2-3,8,11,19H,4-7,9,18H2,1H3,(H,20,21). The zero-order valence-corrected chi connectivity index (χ0v) is 26.7. The van der Waals surface area contributed by atoms with E-state index in [1.54, 1.807) is 30.3 Å². The highest BCUT2D eigenvalue weighted by Gasteiger charge is 2.37. The maximum Gasteiger partial charge on any atom is 0.302 e. The van der Waals surface area contributed by atoms with Gasteiger partial charge in [-0.3, -0.25) is 9.59 Å². The molecule has 2 amide bonds. The molecule has 2 aliphatic rings. The monoisotopic (exact) mass is 668 g/mol. The summed E-state index contributed by atoms with van der Waals surface area (Å²) in [7, 11) is 0. The normalized spacial score (nSPS) is 18.2. The molecule has 2 aliphatic carbocycles. The molecule has 0 bridgehead atoms. The maximum atomic E-state index is 14.1. The Hall–Kier alpha value is -3.97. The highest BCUT2D eigenvalue weighted by atomic mass is 19.3. The fourth-order valence-corrected chi connectivity index (χ4v) is 6.03. The Morgan fingerprint density at radius 1 is 0.872 bits per heavy atom. The molecule has 5 N–H and O–H groups in total. The van der Waals surface area contributed by atoms with Crippen molar-refractivity contribution in [1.82, 2.24) is 9.55 Å². The van der Waals surface area contributed by atoms with Gasteiger partial charge in [0.05, 0.1) is 22.4 Å². The number of nitrogen functional groups attached to an aromatic ring is 1. The van der Waals surface area contributed by atoms with Gasteiger partial charge in [0.15, 0.2) is 5.82 Å². The van der Waals surface area contributed by atoms with E-state index in [9.17, 15) is 35.9 Å². The first kappa shape index (κ1) is 35.9. The van der Waals surface area contributed by atoms with Gasteiger partial charge in [0.2, 0.25) is 23.7 Å². The van der Waals surface area contributed by atoms with Gasteiger partial charge in [0, 0.05) is 70.9 Å². The molecular formula is C33H42F6N6O2. The number of aromatic nitrogens is 2. The van der Waals surface area contributed by atoms with Gasteiger partial charge in [-0.05, 0) is 73.9 Å². The van der Waals surface area contributed by atoms with E-state index in [0.717, 1.165) is 12.6 Å². The van der Waals surface area contributed by atoms with E-state index < -0.39 is 17.8 Å². The van der Waals surface area contributed by atoms with Gasteiger partial charge < -0.3 is 26.3 Å². The molecule has 1 heterocycles. The highest BCUT2D eigenvalue weighted by molar-refractivity contribution is 5.92. The second-order valence-electron chi connectivity index (χ2n) is 12.8. The Kier molecular flexibility index (Phi) is 11.0. The second kappa shape index (κ2) is 14.4. The van der Waals surface area contributed by atoms with Gasteiger partial charge in [-0.1, -0.05) is 0 Å². The molecule has 47 heavy (non-hydrogen) atoms. The van der Waals surface area contributed by atoms with Crippen molar-refractivity contribution in [1.29, 1.82) is 0 Å². The average molecular weight is 669 g/mol. The minimum Gasteiger partial charge on any atom is -0.397 e. The Morgan fingerprint density at radius 3 is 1.89 bits per heavy atom. The van der Waals surface area contributed by atoms with Crippen LogP contribution in [0.3, 0.4) is 0 Å². The van der Waals surface area contributed by atoms with Crippen molar-refractivity contribution < 1.29 is 35.9 Å². The first-order valence-electron chi connectivity index (χ1n) is 15.7. The van der Waals surface area contributed by atoms with E-state index in [0.29, 0.717) is 60.3 Å². The summed E-state index contributed by atoms with van der Waals surface area (Å²) in [6.07, 6.45) is 1.17. The molecule has 0 atom stereocenters. The number of benzene rings is 2. The van der Waals surface area contributed by atoms with Gasteiger partial charge >= 0.3 is 5.92 Å². The van der Waals surface area contributed by atoms with Crippen molar-refractivity contribution in [2.45, 2.75) is 96.5 Å². The molecule has 14 heteroatoms. The predicted octanol–water partition coefficient (Wildman–Crippen LogP) is 8.40.